The highest BCUT2D eigenvalue weighted by Crippen LogP contribution is 2.32. The Morgan fingerprint density at radius 2 is 2.00 bits per heavy atom. The van der Waals surface area contributed by atoms with E-state index in [4.69, 9.17) is 4.74 Å². The Hall–Kier alpha value is -2.51. The molecule has 2 aromatic heterocycles. The molecule has 6 nitrogen and oxygen atoms in total. The fraction of sp³-hybridized carbons (Fsp3) is 0.409. The molecule has 0 fully saturated rings. The Kier molecular flexibility index (Phi) is 6.06. The van der Waals surface area contributed by atoms with Gasteiger partial charge in [-0.1, -0.05) is 30.7 Å². The van der Waals surface area contributed by atoms with E-state index in [1.807, 2.05) is 24.3 Å². The number of ether oxygens (including phenoxy) is 1. The molecule has 0 radical (unpaired) electrons. The Balaban J connectivity index is 1.51. The predicted octanol–water partition coefficient (Wildman–Crippen LogP) is 3.19. The highest BCUT2D eigenvalue weighted by molar-refractivity contribution is 7.18. The van der Waals surface area contributed by atoms with Crippen molar-refractivity contribution in [2.45, 2.75) is 51.8 Å². The fourth-order valence-corrected chi connectivity index (χ4v) is 5.12. The summed E-state index contributed by atoms with van der Waals surface area (Å²) in [6.45, 7) is 0.866. The van der Waals surface area contributed by atoms with Crippen LogP contribution < -0.4 is 10.9 Å². The van der Waals surface area contributed by atoms with Crippen molar-refractivity contribution in [3.8, 4) is 0 Å². The molecule has 1 aliphatic rings. The smallest absolute Gasteiger partial charge is 0.262 e. The third-order valence-electron chi connectivity index (χ3n) is 5.40. The minimum atomic E-state index is -0.207. The van der Waals surface area contributed by atoms with Gasteiger partial charge in [-0.15, -0.1) is 11.3 Å². The second-order valence-corrected chi connectivity index (χ2v) is 8.48. The first-order chi connectivity index (χ1) is 14.2. The van der Waals surface area contributed by atoms with Crippen LogP contribution in [0, 0.1) is 0 Å². The van der Waals surface area contributed by atoms with Gasteiger partial charge < -0.3 is 10.1 Å². The molecule has 0 saturated carbocycles. The molecule has 2 heterocycles. The van der Waals surface area contributed by atoms with Crippen LogP contribution in [0.5, 0.6) is 0 Å². The standard InChI is InChI=1S/C22H25N3O3S/c1-28-13-16-8-6-5-7-15(16)11-23-19(26)12-25-14-24-21-20(22(25)27)17-9-3-2-4-10-18(17)29-21/h5-8,14H,2-4,9-13H2,1H3,(H,23,26). The lowest BCUT2D eigenvalue weighted by atomic mass is 10.1. The summed E-state index contributed by atoms with van der Waals surface area (Å²) in [5.41, 5.74) is 3.09. The first kappa shape index (κ1) is 19.8. The van der Waals surface area contributed by atoms with E-state index < -0.39 is 0 Å². The van der Waals surface area contributed by atoms with Crippen molar-refractivity contribution in [2.24, 2.45) is 0 Å². The van der Waals surface area contributed by atoms with Gasteiger partial charge in [-0.2, -0.15) is 0 Å². The van der Waals surface area contributed by atoms with Gasteiger partial charge in [0.15, 0.2) is 0 Å². The maximum absolute atomic E-state index is 13.1. The van der Waals surface area contributed by atoms with Crippen molar-refractivity contribution < 1.29 is 9.53 Å². The highest BCUT2D eigenvalue weighted by Gasteiger charge is 2.19. The second kappa shape index (κ2) is 8.88. The van der Waals surface area contributed by atoms with Crippen molar-refractivity contribution in [1.29, 1.82) is 0 Å². The molecule has 0 spiro atoms. The third kappa shape index (κ3) is 4.26. The molecule has 3 aromatic rings. The van der Waals surface area contributed by atoms with Crippen LogP contribution in [0.15, 0.2) is 35.4 Å². The molecule has 0 unspecified atom stereocenters. The van der Waals surface area contributed by atoms with Crippen LogP contribution in [0.25, 0.3) is 10.2 Å². The molecule has 0 aliphatic heterocycles. The van der Waals surface area contributed by atoms with Crippen molar-refractivity contribution >= 4 is 27.5 Å². The molecule has 1 N–H and O–H groups in total. The van der Waals surface area contributed by atoms with Gasteiger partial charge in [0.1, 0.15) is 11.4 Å². The third-order valence-corrected chi connectivity index (χ3v) is 6.60. The normalized spacial score (nSPS) is 13.8. The van der Waals surface area contributed by atoms with Gasteiger partial charge in [0.2, 0.25) is 5.91 Å². The number of nitrogens with one attached hydrogen (secondary N) is 1. The average molecular weight is 412 g/mol. The van der Waals surface area contributed by atoms with Crippen LogP contribution in [0.3, 0.4) is 0 Å². The SMILES string of the molecule is COCc1ccccc1CNC(=O)Cn1cnc2sc3c(c2c1=O)CCCCC3. The first-order valence-corrected chi connectivity index (χ1v) is 10.8. The number of fused-ring (bicyclic) bond motifs is 3. The summed E-state index contributed by atoms with van der Waals surface area (Å²) in [6.07, 6.45) is 6.93. The van der Waals surface area contributed by atoms with Gasteiger partial charge in [0.25, 0.3) is 5.56 Å². The maximum Gasteiger partial charge on any atom is 0.262 e. The van der Waals surface area contributed by atoms with Gasteiger partial charge >= 0.3 is 0 Å². The number of nitrogens with zero attached hydrogens (tertiary/aromatic N) is 2. The van der Waals surface area contributed by atoms with Gasteiger partial charge in [-0.05, 0) is 42.4 Å². The molecule has 1 aliphatic carbocycles. The lowest BCUT2D eigenvalue weighted by molar-refractivity contribution is -0.121. The molecule has 1 amide bonds. The van der Waals surface area contributed by atoms with Crippen LogP contribution in [0.2, 0.25) is 0 Å². The average Bonchev–Trinajstić information content (AvgIpc) is 2.92. The molecule has 0 bridgehead atoms. The largest absolute Gasteiger partial charge is 0.380 e. The number of thiophene rings is 1. The maximum atomic E-state index is 13.1. The van der Waals surface area contributed by atoms with E-state index in [-0.39, 0.29) is 18.0 Å². The summed E-state index contributed by atoms with van der Waals surface area (Å²) in [6, 6.07) is 7.83. The minimum absolute atomic E-state index is 0.0289. The number of aryl methyl sites for hydroxylation is 2. The van der Waals surface area contributed by atoms with Crippen molar-refractivity contribution in [3.63, 3.8) is 0 Å². The number of rotatable bonds is 6. The van der Waals surface area contributed by atoms with E-state index in [2.05, 4.69) is 10.3 Å². The number of carbonyl (C=O) groups is 1. The monoisotopic (exact) mass is 411 g/mol. The van der Waals surface area contributed by atoms with Crippen molar-refractivity contribution in [1.82, 2.24) is 14.9 Å². The van der Waals surface area contributed by atoms with E-state index in [0.29, 0.717) is 18.5 Å². The molecule has 0 saturated heterocycles. The molecule has 7 heteroatoms. The van der Waals surface area contributed by atoms with E-state index >= 15 is 0 Å². The summed E-state index contributed by atoms with van der Waals surface area (Å²) >= 11 is 1.63. The number of benzene rings is 1. The van der Waals surface area contributed by atoms with Crippen LogP contribution in [-0.2, 0) is 42.1 Å². The van der Waals surface area contributed by atoms with Crippen LogP contribution in [0.4, 0.5) is 0 Å². The molecular formula is C22H25N3O3S. The van der Waals surface area contributed by atoms with E-state index in [1.165, 1.54) is 28.6 Å². The van der Waals surface area contributed by atoms with Gasteiger partial charge in [0.05, 0.1) is 18.3 Å². The van der Waals surface area contributed by atoms with Crippen LogP contribution >= 0.6 is 11.3 Å². The zero-order valence-corrected chi connectivity index (χ0v) is 17.4. The molecule has 29 heavy (non-hydrogen) atoms. The lowest BCUT2D eigenvalue weighted by Gasteiger charge is -2.11. The quantitative estimate of drug-likeness (QED) is 0.632. The van der Waals surface area contributed by atoms with Crippen molar-refractivity contribution in [3.05, 3.63) is 62.5 Å². The van der Waals surface area contributed by atoms with E-state index in [1.54, 1.807) is 18.4 Å². The summed E-state index contributed by atoms with van der Waals surface area (Å²) in [5, 5.41) is 3.62. The number of hydrogen-bond donors (Lipinski definition) is 1. The number of methoxy groups -OCH3 is 1. The zero-order chi connectivity index (χ0) is 20.2. The molecule has 152 valence electrons. The van der Waals surface area contributed by atoms with Crippen LogP contribution in [-0.4, -0.2) is 22.6 Å². The summed E-state index contributed by atoms with van der Waals surface area (Å²) in [7, 11) is 1.65. The second-order valence-electron chi connectivity index (χ2n) is 7.40. The first-order valence-electron chi connectivity index (χ1n) is 9.99. The Morgan fingerprint density at radius 1 is 1.21 bits per heavy atom. The Labute approximate surface area is 173 Å². The summed E-state index contributed by atoms with van der Waals surface area (Å²) in [4.78, 5) is 32.1. The number of aromatic nitrogens is 2. The summed E-state index contributed by atoms with van der Waals surface area (Å²) in [5.74, 6) is -0.207. The highest BCUT2D eigenvalue weighted by atomic mass is 32.1. The summed E-state index contributed by atoms with van der Waals surface area (Å²) < 4.78 is 6.64. The molecule has 4 rings (SSSR count). The van der Waals surface area contributed by atoms with Crippen molar-refractivity contribution in [2.75, 3.05) is 7.11 Å². The predicted molar refractivity (Wildman–Crippen MR) is 114 cm³/mol. The van der Waals surface area contributed by atoms with Gasteiger partial charge in [0, 0.05) is 18.5 Å². The minimum Gasteiger partial charge on any atom is -0.380 e. The number of amides is 1. The zero-order valence-electron chi connectivity index (χ0n) is 16.6. The van der Waals surface area contributed by atoms with Crippen LogP contribution in [0.1, 0.15) is 40.8 Å². The fourth-order valence-electron chi connectivity index (χ4n) is 3.90. The Bertz CT molecular complexity index is 1090. The molecular weight excluding hydrogens is 386 g/mol. The van der Waals surface area contributed by atoms with Gasteiger partial charge in [-0.3, -0.25) is 14.2 Å². The van der Waals surface area contributed by atoms with Gasteiger partial charge in [-0.25, -0.2) is 4.98 Å². The Morgan fingerprint density at radius 3 is 2.83 bits per heavy atom. The molecule has 1 aromatic carbocycles. The van der Waals surface area contributed by atoms with E-state index in [0.717, 1.165) is 40.8 Å². The molecule has 0 atom stereocenters. The lowest BCUT2D eigenvalue weighted by Crippen LogP contribution is -2.32. The topological polar surface area (TPSA) is 73.2 Å². The number of hydrogen-bond acceptors (Lipinski definition) is 5. The van der Waals surface area contributed by atoms with E-state index in [9.17, 15) is 9.59 Å². The number of carbonyl (C=O) groups excluding carboxylic acids is 1.